The number of imide groups is 1. The molecule has 0 fully saturated rings. The van der Waals surface area contributed by atoms with E-state index in [-0.39, 0.29) is 24.1 Å². The molecule has 0 unspecified atom stereocenters. The molecule has 5 heterocycles. The number of hydrogen-bond donors (Lipinski definition) is 4. The Hall–Kier alpha value is -4.88. The largest absolute Gasteiger partial charge is 0.450 e. The van der Waals surface area contributed by atoms with Crippen LogP contribution in [0, 0.1) is 0 Å². The Labute approximate surface area is 250 Å². The maximum absolute atomic E-state index is 13.0. The molecule has 4 aromatic heterocycles. The van der Waals surface area contributed by atoms with Gasteiger partial charge in [0, 0.05) is 26.0 Å². The van der Waals surface area contributed by atoms with Crippen molar-refractivity contribution in [2.24, 2.45) is 17.4 Å². The summed E-state index contributed by atoms with van der Waals surface area (Å²) in [5.74, 6) is 5.12. The number of alkyl halides is 6. The molecule has 0 atom stereocenters. The van der Waals surface area contributed by atoms with Crippen LogP contribution in [0.5, 0.6) is 0 Å². The number of nitrogens with zero attached hydrogens (tertiary/aromatic N) is 5. The number of pyridine rings is 2. The zero-order valence-electron chi connectivity index (χ0n) is 23.3. The average Bonchev–Trinajstić information content (AvgIpc) is 3.71. The minimum Gasteiger partial charge on any atom is -0.412 e. The number of aliphatic hydroxyl groups is 1. The molecular weight excluding hydrogens is 614 g/mol. The summed E-state index contributed by atoms with van der Waals surface area (Å²) in [4.78, 5) is 32.5. The first kappa shape index (κ1) is 36.3. The van der Waals surface area contributed by atoms with Crippen molar-refractivity contribution in [2.45, 2.75) is 25.4 Å². The number of carbonyl (C=O) groups excluding carboxylic acids is 2. The normalized spacial score (nSPS) is 12.4. The zero-order chi connectivity index (χ0) is 32.8. The lowest BCUT2D eigenvalue weighted by molar-refractivity contribution is -0.146. The number of nitrogens with two attached hydrogens (primary N) is 3. The minimum absolute atomic E-state index is 0. The molecule has 12 nitrogen and oxygen atoms in total. The lowest BCUT2D eigenvalue weighted by Crippen LogP contribution is -2.29. The van der Waals surface area contributed by atoms with E-state index in [4.69, 9.17) is 10.8 Å². The Morgan fingerprint density at radius 3 is 1.51 bits per heavy atom. The zero-order valence-corrected chi connectivity index (χ0v) is 23.3. The maximum Gasteiger partial charge on any atom is 0.450 e. The van der Waals surface area contributed by atoms with Crippen molar-refractivity contribution in [1.29, 1.82) is 0 Å². The molecule has 1 aliphatic rings. The van der Waals surface area contributed by atoms with Gasteiger partial charge in [-0.15, -0.1) is 0 Å². The number of halogens is 6. The number of rotatable bonds is 3. The third kappa shape index (κ3) is 7.62. The third-order valence-corrected chi connectivity index (χ3v) is 6.14. The van der Waals surface area contributed by atoms with Crippen LogP contribution in [0.3, 0.4) is 0 Å². The van der Waals surface area contributed by atoms with Gasteiger partial charge in [0.25, 0.3) is 11.8 Å². The van der Waals surface area contributed by atoms with Crippen molar-refractivity contribution in [3.8, 4) is 0 Å². The van der Waals surface area contributed by atoms with Gasteiger partial charge in [-0.25, -0.2) is 9.97 Å². The smallest absolute Gasteiger partial charge is 0.412 e. The summed E-state index contributed by atoms with van der Waals surface area (Å²) < 4.78 is 78.3. The number of fused-ring (bicyclic) bond motifs is 3. The van der Waals surface area contributed by atoms with Crippen molar-refractivity contribution >= 4 is 22.8 Å². The van der Waals surface area contributed by atoms with E-state index >= 15 is 0 Å². The van der Waals surface area contributed by atoms with E-state index < -0.39 is 35.8 Å². The van der Waals surface area contributed by atoms with Crippen molar-refractivity contribution < 1.29 is 46.5 Å². The van der Waals surface area contributed by atoms with Crippen LogP contribution in [-0.4, -0.2) is 53.2 Å². The quantitative estimate of drug-likeness (QED) is 0.0995. The van der Waals surface area contributed by atoms with E-state index in [1.165, 1.54) is 24.7 Å². The second-order valence-corrected chi connectivity index (χ2v) is 8.77. The molecule has 45 heavy (non-hydrogen) atoms. The first-order chi connectivity index (χ1) is 20.9. The number of aliphatic hydroxyl groups excluding tert-OH is 1. The lowest BCUT2D eigenvalue weighted by Gasteiger charge is -2.14. The lowest BCUT2D eigenvalue weighted by atomic mass is 10.1. The van der Waals surface area contributed by atoms with Gasteiger partial charge in [0.1, 0.15) is 0 Å². The van der Waals surface area contributed by atoms with Crippen LogP contribution in [0.25, 0.3) is 11.0 Å². The van der Waals surface area contributed by atoms with Crippen LogP contribution in [0.15, 0.2) is 73.3 Å². The fourth-order valence-corrected chi connectivity index (χ4v) is 4.27. The predicted molar refractivity (Wildman–Crippen MR) is 149 cm³/mol. The Bertz CT molecular complexity index is 1730. The van der Waals surface area contributed by atoms with Gasteiger partial charge in [0.15, 0.2) is 0 Å². The van der Waals surface area contributed by atoms with Gasteiger partial charge >= 0.3 is 12.4 Å². The van der Waals surface area contributed by atoms with Crippen molar-refractivity contribution in [2.75, 3.05) is 7.11 Å². The van der Waals surface area contributed by atoms with Crippen molar-refractivity contribution in [3.05, 3.63) is 107 Å². The van der Waals surface area contributed by atoms with Gasteiger partial charge in [-0.3, -0.25) is 35.0 Å². The van der Waals surface area contributed by atoms with Gasteiger partial charge in [-0.05, 0) is 35.4 Å². The van der Waals surface area contributed by atoms with E-state index in [1.807, 2.05) is 0 Å². The highest BCUT2D eigenvalue weighted by Gasteiger charge is 2.38. The van der Waals surface area contributed by atoms with E-state index in [9.17, 15) is 35.9 Å². The molecule has 6 rings (SSSR count). The van der Waals surface area contributed by atoms with Gasteiger partial charge < -0.3 is 16.3 Å². The summed E-state index contributed by atoms with van der Waals surface area (Å²) in [5, 5.41) is 7.00. The molecule has 1 aromatic carbocycles. The highest BCUT2D eigenvalue weighted by molar-refractivity contribution is 6.21. The van der Waals surface area contributed by atoms with Crippen molar-refractivity contribution in [1.82, 2.24) is 23.7 Å². The summed E-state index contributed by atoms with van der Waals surface area (Å²) in [6.45, 7) is 0.0865. The first-order valence-corrected chi connectivity index (χ1v) is 12.4. The molecule has 0 aliphatic carbocycles. The topological polar surface area (TPSA) is 202 Å². The standard InChI is InChI=1S/C17H10F3N3O2.C9H8F3N3.CH4O.H4N2.H2O/c18-17(19,20)16-21-7-11-6-5-10(8-22(11)16)9-23-14(24)12-3-1-2-4-13(12)15(23)25;10-9(11,12)8-14-4-7-2-1-6(3-13)5-15(7)8;2*1-2;/h1-8H,9H2;1-2,4-5H,3,13H2;2H,1H3;1-2H2;1H2. The molecule has 18 heteroatoms. The predicted octanol–water partition coefficient (Wildman–Crippen LogP) is 2.56. The number of imidazole rings is 2. The molecule has 0 radical (unpaired) electrons. The van der Waals surface area contributed by atoms with E-state index in [2.05, 4.69) is 21.7 Å². The summed E-state index contributed by atoms with van der Waals surface area (Å²) in [6, 6.07) is 12.7. The molecular formula is C27H28F6N8O4. The third-order valence-electron chi connectivity index (χ3n) is 6.14. The fraction of sp³-hybridized carbons (Fsp3) is 0.185. The van der Waals surface area contributed by atoms with E-state index in [0.717, 1.165) is 27.0 Å². The Morgan fingerprint density at radius 2 is 1.11 bits per heavy atom. The molecule has 9 N–H and O–H groups in total. The van der Waals surface area contributed by atoms with E-state index in [1.54, 1.807) is 42.5 Å². The Kier molecular flexibility index (Phi) is 11.9. The van der Waals surface area contributed by atoms with Crippen molar-refractivity contribution in [3.63, 3.8) is 0 Å². The Morgan fingerprint density at radius 1 is 0.711 bits per heavy atom. The molecule has 0 spiro atoms. The summed E-state index contributed by atoms with van der Waals surface area (Å²) >= 11 is 0. The van der Waals surface area contributed by atoms with Crippen LogP contribution in [0.4, 0.5) is 26.3 Å². The van der Waals surface area contributed by atoms with Crippen LogP contribution in [-0.2, 0) is 25.4 Å². The monoisotopic (exact) mass is 642 g/mol. The first-order valence-electron chi connectivity index (χ1n) is 12.4. The minimum atomic E-state index is -4.60. The molecule has 1 aliphatic heterocycles. The fourth-order valence-electron chi connectivity index (χ4n) is 4.27. The number of amides is 2. The number of hydrogen-bond acceptors (Lipinski definition) is 8. The molecule has 242 valence electrons. The van der Waals surface area contributed by atoms with Crippen LogP contribution in [0.1, 0.15) is 43.5 Å². The van der Waals surface area contributed by atoms with E-state index in [0.29, 0.717) is 27.8 Å². The molecule has 0 saturated heterocycles. The molecule has 0 bridgehead atoms. The van der Waals surface area contributed by atoms with Crippen LogP contribution >= 0.6 is 0 Å². The second kappa shape index (κ2) is 14.7. The number of aromatic nitrogens is 4. The maximum atomic E-state index is 13.0. The summed E-state index contributed by atoms with van der Waals surface area (Å²) in [7, 11) is 1.00. The molecule has 2 amide bonds. The highest BCUT2D eigenvalue weighted by atomic mass is 19.4. The van der Waals surface area contributed by atoms with Gasteiger partial charge in [-0.2, -0.15) is 26.3 Å². The summed E-state index contributed by atoms with van der Waals surface area (Å²) in [6.07, 6.45) is -4.14. The summed E-state index contributed by atoms with van der Waals surface area (Å²) in [5.41, 5.74) is 7.65. The Balaban J connectivity index is 0.000000304. The number of carbonyl (C=O) groups is 2. The average molecular weight is 643 g/mol. The highest BCUT2D eigenvalue weighted by Crippen LogP contribution is 2.30. The number of hydrazine groups is 1. The van der Waals surface area contributed by atoms with Crippen LogP contribution in [0.2, 0.25) is 0 Å². The second-order valence-electron chi connectivity index (χ2n) is 8.77. The van der Waals surface area contributed by atoms with Gasteiger partial charge in [-0.1, -0.05) is 24.3 Å². The van der Waals surface area contributed by atoms with Crippen LogP contribution < -0.4 is 17.4 Å². The molecule has 0 saturated carbocycles. The van der Waals surface area contributed by atoms with Gasteiger partial charge in [0.2, 0.25) is 11.6 Å². The van der Waals surface area contributed by atoms with Gasteiger partial charge in [0.05, 0.1) is 41.1 Å². The molecule has 5 aromatic rings. The number of benzene rings is 1. The SMILES string of the molecule is CO.NCc1ccc2cnc(C(F)(F)F)n2c1.NN.O.O=C1c2ccccc2C(=O)N1Cc1ccc2cnc(C(F)(F)F)n2c1.